The van der Waals surface area contributed by atoms with Gasteiger partial charge in [-0.3, -0.25) is 9.89 Å². The Kier molecular flexibility index (Phi) is 5.95. The van der Waals surface area contributed by atoms with Crippen LogP contribution in [-0.4, -0.2) is 66.3 Å². The molecule has 0 bridgehead atoms. The molecule has 1 N–H and O–H groups in total. The van der Waals surface area contributed by atoms with Gasteiger partial charge in [0.1, 0.15) is 10.9 Å². The van der Waals surface area contributed by atoms with E-state index >= 15 is 0 Å². The fourth-order valence-corrected chi connectivity index (χ4v) is 5.91. The molecule has 3 aromatic rings. The molecule has 0 aliphatic carbocycles. The minimum atomic E-state index is -3.71. The van der Waals surface area contributed by atoms with Crippen molar-refractivity contribution in [2.24, 2.45) is 4.40 Å². The van der Waals surface area contributed by atoms with Gasteiger partial charge in [0.15, 0.2) is 5.84 Å². The van der Waals surface area contributed by atoms with Gasteiger partial charge in [0, 0.05) is 37.0 Å². The van der Waals surface area contributed by atoms with Gasteiger partial charge in [0.2, 0.25) is 5.91 Å². The van der Waals surface area contributed by atoms with Crippen LogP contribution in [0.5, 0.6) is 0 Å². The van der Waals surface area contributed by atoms with Gasteiger partial charge in [-0.05, 0) is 43.9 Å². The molecule has 0 spiro atoms. The highest BCUT2D eigenvalue weighted by Gasteiger charge is 2.39. The molecule has 1 aromatic heterocycles. The number of carbonyl (C=O) groups is 1. The van der Waals surface area contributed by atoms with Gasteiger partial charge >= 0.3 is 0 Å². The number of likely N-dealkylation sites (tertiary alicyclic amines) is 1. The number of nitrogens with one attached hydrogen (secondary N) is 1. The monoisotopic (exact) mass is 477 g/mol. The number of nitrogens with zero attached hydrogens (tertiary/aromatic N) is 4. The van der Waals surface area contributed by atoms with E-state index in [-0.39, 0.29) is 10.8 Å². The van der Waals surface area contributed by atoms with Crippen molar-refractivity contribution in [3.05, 3.63) is 71.9 Å². The van der Waals surface area contributed by atoms with Gasteiger partial charge < -0.3 is 9.80 Å². The summed E-state index contributed by atoms with van der Waals surface area (Å²) < 4.78 is 29.0. The van der Waals surface area contributed by atoms with E-state index in [4.69, 9.17) is 0 Å². The van der Waals surface area contributed by atoms with Crippen molar-refractivity contribution in [3.8, 4) is 11.3 Å². The highest BCUT2D eigenvalue weighted by molar-refractivity contribution is 7.90. The second-order valence-corrected chi connectivity index (χ2v) is 10.3. The van der Waals surface area contributed by atoms with E-state index < -0.39 is 16.1 Å². The second kappa shape index (κ2) is 9.06. The Bertz CT molecular complexity index is 1330. The van der Waals surface area contributed by atoms with Crippen molar-refractivity contribution in [1.82, 2.24) is 20.0 Å². The van der Waals surface area contributed by atoms with Crippen molar-refractivity contribution in [3.63, 3.8) is 0 Å². The van der Waals surface area contributed by atoms with Crippen LogP contribution in [0.2, 0.25) is 0 Å². The molecule has 1 saturated heterocycles. The quantitative estimate of drug-likeness (QED) is 0.588. The Morgan fingerprint density at radius 1 is 1.15 bits per heavy atom. The maximum atomic E-state index is 13.3. The van der Waals surface area contributed by atoms with Crippen LogP contribution in [0, 0.1) is 0 Å². The molecule has 5 rings (SSSR count). The zero-order valence-electron chi connectivity index (χ0n) is 19.0. The first kappa shape index (κ1) is 22.3. The number of sulfonamides is 1. The Labute approximate surface area is 199 Å². The number of aryl methyl sites for hydroxylation is 1. The third kappa shape index (κ3) is 4.23. The van der Waals surface area contributed by atoms with Crippen LogP contribution in [0.25, 0.3) is 11.3 Å². The Balaban J connectivity index is 1.21. The maximum Gasteiger partial charge on any atom is 0.285 e. The van der Waals surface area contributed by atoms with E-state index in [1.807, 2.05) is 48.3 Å². The van der Waals surface area contributed by atoms with Gasteiger partial charge in [-0.25, -0.2) is 0 Å². The Morgan fingerprint density at radius 2 is 1.91 bits per heavy atom. The number of hydrogen-bond acceptors (Lipinski definition) is 5. The average molecular weight is 478 g/mol. The van der Waals surface area contributed by atoms with Crippen LogP contribution in [0.3, 0.4) is 0 Å². The van der Waals surface area contributed by atoms with Gasteiger partial charge in [-0.15, -0.1) is 4.40 Å². The number of benzene rings is 2. The smallest absolute Gasteiger partial charge is 0.285 e. The Hall–Kier alpha value is -3.46. The number of rotatable bonds is 6. The van der Waals surface area contributed by atoms with Crippen molar-refractivity contribution in [2.75, 3.05) is 20.1 Å². The summed E-state index contributed by atoms with van der Waals surface area (Å²) in [5.41, 5.74) is 3.59. The number of amidine groups is 1. The molecule has 0 radical (unpaired) electrons. The minimum absolute atomic E-state index is 0.00318. The zero-order chi connectivity index (χ0) is 23.7. The van der Waals surface area contributed by atoms with Crippen molar-refractivity contribution >= 4 is 21.8 Å². The topological polar surface area (TPSA) is 98.7 Å². The average Bonchev–Trinajstić information content (AvgIpc) is 3.57. The summed E-state index contributed by atoms with van der Waals surface area (Å²) in [4.78, 5) is 17.1. The molecule has 2 aliphatic heterocycles. The summed E-state index contributed by atoms with van der Waals surface area (Å²) in [6.07, 6.45) is 3.08. The normalized spacial score (nSPS) is 18.6. The van der Waals surface area contributed by atoms with Gasteiger partial charge in [-0.1, -0.05) is 42.5 Å². The summed E-state index contributed by atoms with van der Waals surface area (Å²) in [6.45, 7) is 1.22. The molecule has 34 heavy (non-hydrogen) atoms. The van der Waals surface area contributed by atoms with Crippen LogP contribution in [0.15, 0.2) is 70.0 Å². The molecule has 1 fully saturated rings. The number of aromatic nitrogens is 2. The fraction of sp³-hybridized carbons (Fsp3) is 0.320. The summed E-state index contributed by atoms with van der Waals surface area (Å²) in [5, 5.41) is 7.48. The lowest BCUT2D eigenvalue weighted by Gasteiger charge is -2.29. The molecule has 176 valence electrons. The lowest BCUT2D eigenvalue weighted by molar-refractivity contribution is -0.133. The molecule has 9 heteroatoms. The minimum Gasteiger partial charge on any atom is -0.344 e. The van der Waals surface area contributed by atoms with Crippen LogP contribution in [0.1, 0.15) is 30.5 Å². The number of likely N-dealkylation sites (N-methyl/N-ethyl adjacent to an activating group) is 1. The molecular weight excluding hydrogens is 450 g/mol. The van der Waals surface area contributed by atoms with E-state index in [2.05, 4.69) is 14.6 Å². The van der Waals surface area contributed by atoms with Crippen LogP contribution >= 0.6 is 0 Å². The molecule has 2 aromatic carbocycles. The SMILES string of the molecule is CN(CCCc1cc(-c2ccccc2)n[nH]1)C(=O)[C@@H]1CCCN1C1=NS(=O)(=O)c2ccccc21. The van der Waals surface area contributed by atoms with Crippen molar-refractivity contribution in [2.45, 2.75) is 36.6 Å². The first-order valence-corrected chi connectivity index (χ1v) is 12.9. The lowest BCUT2D eigenvalue weighted by atomic mass is 10.1. The number of fused-ring (bicyclic) bond motifs is 1. The van der Waals surface area contributed by atoms with E-state index in [1.54, 1.807) is 29.2 Å². The summed E-state index contributed by atoms with van der Waals surface area (Å²) in [5.74, 6) is 0.391. The molecule has 3 heterocycles. The predicted octanol–water partition coefficient (Wildman–Crippen LogP) is 3.08. The Morgan fingerprint density at radius 3 is 2.74 bits per heavy atom. The largest absolute Gasteiger partial charge is 0.344 e. The molecule has 0 unspecified atom stereocenters. The van der Waals surface area contributed by atoms with E-state index in [9.17, 15) is 13.2 Å². The van der Waals surface area contributed by atoms with Crippen molar-refractivity contribution < 1.29 is 13.2 Å². The number of carbonyl (C=O) groups excluding carboxylic acids is 1. The van der Waals surface area contributed by atoms with E-state index in [1.165, 1.54) is 0 Å². The molecular formula is C25H27N5O3S. The van der Waals surface area contributed by atoms with Crippen LogP contribution in [-0.2, 0) is 21.2 Å². The molecule has 0 saturated carbocycles. The van der Waals surface area contributed by atoms with Gasteiger partial charge in [0.05, 0.1) is 5.69 Å². The first-order chi connectivity index (χ1) is 16.4. The predicted molar refractivity (Wildman–Crippen MR) is 130 cm³/mol. The number of aromatic amines is 1. The first-order valence-electron chi connectivity index (χ1n) is 11.5. The third-order valence-corrected chi connectivity index (χ3v) is 7.76. The van der Waals surface area contributed by atoms with E-state index in [0.717, 1.165) is 36.2 Å². The van der Waals surface area contributed by atoms with Crippen molar-refractivity contribution in [1.29, 1.82) is 0 Å². The number of amides is 1. The number of H-pyrrole nitrogens is 1. The van der Waals surface area contributed by atoms with E-state index in [0.29, 0.717) is 30.9 Å². The molecule has 2 aliphatic rings. The summed E-state index contributed by atoms with van der Waals surface area (Å²) >= 11 is 0. The van der Waals surface area contributed by atoms with Gasteiger partial charge in [0.25, 0.3) is 10.0 Å². The highest BCUT2D eigenvalue weighted by Crippen LogP contribution is 2.31. The van der Waals surface area contributed by atoms with Crippen LogP contribution < -0.4 is 0 Å². The lowest BCUT2D eigenvalue weighted by Crippen LogP contribution is -2.46. The third-order valence-electron chi connectivity index (χ3n) is 6.44. The standard InChI is InChI=1S/C25H27N5O3S/c1-29(15-7-11-19-17-21(27-26-19)18-9-3-2-4-10-18)25(31)22-13-8-16-30(22)24-20-12-5-6-14-23(20)34(32,33)28-24/h2-6,9-10,12,14,17,22H,7-8,11,13,15-16H2,1H3,(H,26,27)/t22-/m0/s1. The summed E-state index contributed by atoms with van der Waals surface area (Å²) in [6, 6.07) is 18.5. The van der Waals surface area contributed by atoms with Crippen LogP contribution in [0.4, 0.5) is 0 Å². The zero-order valence-corrected chi connectivity index (χ0v) is 19.8. The van der Waals surface area contributed by atoms with Gasteiger partial charge in [-0.2, -0.15) is 13.5 Å². The maximum absolute atomic E-state index is 13.3. The molecule has 1 amide bonds. The highest BCUT2D eigenvalue weighted by atomic mass is 32.2. The number of hydrogen-bond donors (Lipinski definition) is 1. The molecule has 1 atom stereocenters. The summed E-state index contributed by atoms with van der Waals surface area (Å²) in [7, 11) is -1.90. The molecule has 8 nitrogen and oxygen atoms in total. The fourth-order valence-electron chi connectivity index (χ4n) is 4.69. The second-order valence-electron chi connectivity index (χ2n) is 8.75.